The number of anilines is 2. The molecule has 0 radical (unpaired) electrons. The van der Waals surface area contributed by atoms with Crippen molar-refractivity contribution in [3.8, 4) is 0 Å². The second-order valence-corrected chi connectivity index (χ2v) is 10.6. The first-order valence-electron chi connectivity index (χ1n) is 15.4. The Bertz CT molecular complexity index is 1620. The van der Waals surface area contributed by atoms with Gasteiger partial charge in [-0.25, -0.2) is 14.4 Å². The normalized spacial score (nSPS) is 11.6. The Hall–Kier alpha value is -5.89. The van der Waals surface area contributed by atoms with Crippen molar-refractivity contribution in [2.75, 3.05) is 24.7 Å². The molecule has 2 rings (SSSR count). The van der Waals surface area contributed by atoms with E-state index in [1.807, 2.05) is 0 Å². The average Bonchev–Trinajstić information content (AvgIpc) is 3.08. The second kappa shape index (κ2) is 22.8. The van der Waals surface area contributed by atoms with Gasteiger partial charge in [0.1, 0.15) is 18.3 Å². The Morgan fingerprint density at radius 3 is 1.96 bits per heavy atom. The largest absolute Gasteiger partial charge is 0.490 e. The van der Waals surface area contributed by atoms with E-state index in [2.05, 4.69) is 34.5 Å². The molecule has 21 heteroatoms. The summed E-state index contributed by atoms with van der Waals surface area (Å²) < 4.78 is 69.2. The number of carboxylic acid groups (broad SMARTS) is 2. The molecule has 1 atom stereocenters. The van der Waals surface area contributed by atoms with Crippen LogP contribution in [0.25, 0.3) is 0 Å². The van der Waals surface area contributed by atoms with Crippen LogP contribution in [0.2, 0.25) is 0 Å². The van der Waals surface area contributed by atoms with Crippen LogP contribution in [0, 0.1) is 5.92 Å². The maximum Gasteiger partial charge on any atom is 0.490 e. The number of nitrogens with one attached hydrogen (secondary N) is 3. The minimum absolute atomic E-state index is 0.0427. The summed E-state index contributed by atoms with van der Waals surface area (Å²) in [4.78, 5) is 80.5. The lowest BCUT2D eigenvalue weighted by Gasteiger charge is -2.19. The number of rotatable bonds is 14. The molecule has 7 N–H and O–H groups in total. The van der Waals surface area contributed by atoms with E-state index < -0.39 is 53.7 Å². The van der Waals surface area contributed by atoms with Crippen molar-refractivity contribution in [2.24, 2.45) is 5.92 Å². The molecule has 0 spiro atoms. The number of para-hydroxylation sites is 1. The van der Waals surface area contributed by atoms with Gasteiger partial charge in [0, 0.05) is 24.5 Å². The topological polar surface area (TPSA) is 236 Å². The van der Waals surface area contributed by atoms with Crippen molar-refractivity contribution in [2.45, 2.75) is 64.5 Å². The van der Waals surface area contributed by atoms with Crippen LogP contribution in [0.5, 0.6) is 0 Å². The molecule has 0 saturated carbocycles. The number of carbonyl (C=O) groups excluding carboxylic acids is 4. The number of allylic oxidation sites excluding steroid dienone is 1. The van der Waals surface area contributed by atoms with Crippen molar-refractivity contribution in [3.05, 3.63) is 70.7 Å². The summed E-state index contributed by atoms with van der Waals surface area (Å²) in [6.07, 6.45) is -3.72. The fourth-order valence-electron chi connectivity index (χ4n) is 3.74. The van der Waals surface area contributed by atoms with E-state index in [4.69, 9.17) is 25.5 Å². The molecule has 15 nitrogen and oxygen atoms in total. The van der Waals surface area contributed by atoms with Gasteiger partial charge in [-0.2, -0.15) is 26.3 Å². The highest BCUT2D eigenvalue weighted by atomic mass is 19.4. The Morgan fingerprint density at radius 1 is 0.925 bits per heavy atom. The first kappa shape index (κ1) is 47.1. The smallest absolute Gasteiger partial charge is 0.475 e. The Balaban J connectivity index is 0.00000162. The zero-order chi connectivity index (χ0) is 40.9. The molecular weight excluding hydrogens is 728 g/mol. The van der Waals surface area contributed by atoms with Gasteiger partial charge >= 0.3 is 30.3 Å². The summed E-state index contributed by atoms with van der Waals surface area (Å²) in [5.74, 6) is -7.22. The monoisotopic (exact) mass is 767 g/mol. The number of benzene rings is 1. The molecule has 1 aromatic heterocycles. The molecule has 2 aromatic rings. The SMILES string of the molecule is CCC(CC)CNC(=O)Cn1cccc(NC(=O)[C@H](CC/C=C/C(=O)OC)NC(=O)c2ccccc2N)c1=O.O=C(O)C(F)(F)F.O=C(O)C(F)(F)F. The van der Waals surface area contributed by atoms with E-state index >= 15 is 0 Å². The van der Waals surface area contributed by atoms with E-state index in [1.165, 1.54) is 42.2 Å². The van der Waals surface area contributed by atoms with Gasteiger partial charge in [-0.15, -0.1) is 0 Å². The molecule has 294 valence electrons. The summed E-state index contributed by atoms with van der Waals surface area (Å²) in [5.41, 5.74) is 5.73. The third kappa shape index (κ3) is 18.8. The van der Waals surface area contributed by atoms with Crippen LogP contribution in [0.1, 0.15) is 49.9 Å². The summed E-state index contributed by atoms with van der Waals surface area (Å²) in [6, 6.07) is 8.33. The van der Waals surface area contributed by atoms with Gasteiger partial charge in [0.2, 0.25) is 11.8 Å². The van der Waals surface area contributed by atoms with E-state index in [0.29, 0.717) is 12.5 Å². The first-order chi connectivity index (χ1) is 24.6. The lowest BCUT2D eigenvalue weighted by molar-refractivity contribution is -0.193. The number of nitrogens with two attached hydrogens (primary N) is 1. The van der Waals surface area contributed by atoms with Gasteiger partial charge in [0.25, 0.3) is 11.5 Å². The predicted octanol–water partition coefficient (Wildman–Crippen LogP) is 3.50. The van der Waals surface area contributed by atoms with Gasteiger partial charge in [0.05, 0.1) is 12.7 Å². The number of aliphatic carboxylic acids is 2. The number of nitrogens with zero attached hydrogens (tertiary/aromatic N) is 1. The van der Waals surface area contributed by atoms with Crippen molar-refractivity contribution >= 4 is 47.0 Å². The number of hydrogen-bond acceptors (Lipinski definition) is 9. The minimum atomic E-state index is -5.08. The number of methoxy groups -OCH3 is 1. The van der Waals surface area contributed by atoms with Crippen LogP contribution in [-0.4, -0.2) is 82.5 Å². The number of nitrogen functional groups attached to an aromatic ring is 1. The van der Waals surface area contributed by atoms with Gasteiger partial charge in [-0.3, -0.25) is 19.2 Å². The molecule has 0 aliphatic heterocycles. The maximum absolute atomic E-state index is 13.2. The third-order valence-electron chi connectivity index (χ3n) is 6.72. The van der Waals surface area contributed by atoms with Crippen LogP contribution >= 0.6 is 0 Å². The molecule has 0 saturated heterocycles. The van der Waals surface area contributed by atoms with Crippen LogP contribution in [0.4, 0.5) is 37.7 Å². The van der Waals surface area contributed by atoms with Gasteiger partial charge in [-0.05, 0) is 43.0 Å². The molecule has 1 aromatic carbocycles. The predicted molar refractivity (Wildman–Crippen MR) is 176 cm³/mol. The summed E-state index contributed by atoms with van der Waals surface area (Å²) in [7, 11) is 1.25. The number of ether oxygens (including phenoxy) is 1. The van der Waals surface area contributed by atoms with Crippen LogP contribution in [0.3, 0.4) is 0 Å². The highest BCUT2D eigenvalue weighted by molar-refractivity contribution is 6.03. The lowest BCUT2D eigenvalue weighted by Crippen LogP contribution is -2.45. The zero-order valence-corrected chi connectivity index (χ0v) is 28.5. The summed E-state index contributed by atoms with van der Waals surface area (Å²) in [5, 5.41) is 22.3. The van der Waals surface area contributed by atoms with E-state index in [1.54, 1.807) is 24.3 Å². The second-order valence-electron chi connectivity index (χ2n) is 10.6. The lowest BCUT2D eigenvalue weighted by atomic mass is 10.0. The van der Waals surface area contributed by atoms with Gasteiger partial charge in [-0.1, -0.05) is 44.9 Å². The number of halogens is 6. The van der Waals surface area contributed by atoms with Crippen molar-refractivity contribution < 1.29 is 70.1 Å². The molecule has 3 amide bonds. The Labute approximate surface area is 298 Å². The minimum Gasteiger partial charge on any atom is -0.475 e. The van der Waals surface area contributed by atoms with Crippen molar-refractivity contribution in [3.63, 3.8) is 0 Å². The highest BCUT2D eigenvalue weighted by Gasteiger charge is 2.39. The fourth-order valence-corrected chi connectivity index (χ4v) is 3.74. The number of pyridine rings is 1. The standard InChI is InChI=1S/C28H37N5O6.2C2HF3O2/c1-4-19(5-2)17-30-24(34)18-33-16-10-14-23(28(33)38)32-27(37)22(13-8-9-15-25(35)39-3)31-26(36)20-11-6-7-12-21(20)29;2*3-2(4,5)1(6)7/h6-7,9-12,14-16,19,22H,4-5,8,13,17-18,29H2,1-3H3,(H,30,34)(H,31,36)(H,32,37);2*(H,6,7)/b15-9+;;/t22-;;/m0../s1. The van der Waals surface area contributed by atoms with Crippen LogP contribution in [-0.2, 0) is 35.3 Å². The number of carbonyl (C=O) groups is 6. The Kier molecular flexibility index (Phi) is 20.3. The summed E-state index contributed by atoms with van der Waals surface area (Å²) in [6.45, 7) is 4.43. The number of amides is 3. The number of hydrogen-bond donors (Lipinski definition) is 6. The molecule has 0 bridgehead atoms. The summed E-state index contributed by atoms with van der Waals surface area (Å²) >= 11 is 0. The maximum atomic E-state index is 13.2. The number of alkyl halides is 6. The van der Waals surface area contributed by atoms with Gasteiger partial charge < -0.3 is 41.2 Å². The highest BCUT2D eigenvalue weighted by Crippen LogP contribution is 2.14. The van der Waals surface area contributed by atoms with Crippen molar-refractivity contribution in [1.29, 1.82) is 0 Å². The third-order valence-corrected chi connectivity index (χ3v) is 6.72. The first-order valence-corrected chi connectivity index (χ1v) is 15.4. The zero-order valence-electron chi connectivity index (χ0n) is 28.5. The Morgan fingerprint density at radius 2 is 1.47 bits per heavy atom. The molecule has 0 aliphatic rings. The van der Waals surface area contributed by atoms with Crippen LogP contribution in [0.15, 0.2) is 59.5 Å². The van der Waals surface area contributed by atoms with E-state index in [9.17, 15) is 50.3 Å². The van der Waals surface area contributed by atoms with Crippen molar-refractivity contribution in [1.82, 2.24) is 15.2 Å². The fraction of sp³-hybridized carbons (Fsp3) is 0.406. The van der Waals surface area contributed by atoms with E-state index in [0.717, 1.165) is 12.8 Å². The average molecular weight is 768 g/mol. The number of carboxylic acids is 2. The number of esters is 1. The molecular formula is C32H39F6N5O10. The van der Waals surface area contributed by atoms with Gasteiger partial charge in [0.15, 0.2) is 0 Å². The van der Waals surface area contributed by atoms with Crippen LogP contribution < -0.4 is 27.2 Å². The molecule has 0 aliphatic carbocycles. The van der Waals surface area contributed by atoms with E-state index in [-0.39, 0.29) is 42.2 Å². The number of aromatic nitrogens is 1. The molecule has 1 heterocycles. The molecule has 0 unspecified atom stereocenters. The quantitative estimate of drug-likeness (QED) is 0.0704. The molecule has 0 fully saturated rings. The molecule has 53 heavy (non-hydrogen) atoms.